The first-order valence-electron chi connectivity index (χ1n) is 7.89. The Morgan fingerprint density at radius 2 is 1.79 bits per heavy atom. The monoisotopic (exact) mass is 345 g/mol. The van der Waals surface area contributed by atoms with E-state index >= 15 is 0 Å². The summed E-state index contributed by atoms with van der Waals surface area (Å²) < 4.78 is 27.3. The highest BCUT2D eigenvalue weighted by Crippen LogP contribution is 2.24. The predicted octanol–water partition coefficient (Wildman–Crippen LogP) is 2.51. The van der Waals surface area contributed by atoms with Gasteiger partial charge in [0.2, 0.25) is 10.0 Å². The number of pyridine rings is 1. The Balaban J connectivity index is 1.91. The number of rotatable bonds is 4. The maximum Gasteiger partial charge on any atom is 0.257 e. The number of aromatic nitrogens is 1. The van der Waals surface area contributed by atoms with Gasteiger partial charge in [-0.2, -0.15) is 4.31 Å². The lowest BCUT2D eigenvalue weighted by Crippen LogP contribution is -2.36. The average molecular weight is 345 g/mol. The number of piperidine rings is 1. The van der Waals surface area contributed by atoms with E-state index in [-0.39, 0.29) is 10.5 Å². The van der Waals surface area contributed by atoms with Crippen molar-refractivity contribution < 1.29 is 13.2 Å². The summed E-state index contributed by atoms with van der Waals surface area (Å²) in [6, 6.07) is 9.72. The minimum Gasteiger partial charge on any atom is -0.321 e. The molecule has 0 saturated carbocycles. The van der Waals surface area contributed by atoms with Gasteiger partial charge in [-0.15, -0.1) is 0 Å². The number of nitrogens with one attached hydrogen (secondary N) is 1. The molecule has 6 nitrogen and oxygen atoms in total. The second-order valence-electron chi connectivity index (χ2n) is 5.66. The highest BCUT2D eigenvalue weighted by Gasteiger charge is 2.29. The first kappa shape index (κ1) is 16.6. The molecule has 0 aliphatic carbocycles. The smallest absolute Gasteiger partial charge is 0.257 e. The third kappa shape index (κ3) is 3.47. The Hall–Kier alpha value is -2.25. The summed E-state index contributed by atoms with van der Waals surface area (Å²) in [6.45, 7) is 1.00. The van der Waals surface area contributed by atoms with Crippen molar-refractivity contribution in [1.29, 1.82) is 0 Å². The summed E-state index contributed by atoms with van der Waals surface area (Å²) in [5, 5.41) is 2.69. The molecular formula is C17H19N3O3S. The van der Waals surface area contributed by atoms with Gasteiger partial charge in [0.15, 0.2) is 0 Å². The summed E-state index contributed by atoms with van der Waals surface area (Å²) in [6.07, 6.45) is 5.85. The number of anilines is 1. The second kappa shape index (κ2) is 7.11. The summed E-state index contributed by atoms with van der Waals surface area (Å²) in [7, 11) is -3.67. The van der Waals surface area contributed by atoms with E-state index in [1.54, 1.807) is 30.5 Å². The molecule has 1 fully saturated rings. The van der Waals surface area contributed by atoms with Crippen molar-refractivity contribution in [2.45, 2.75) is 24.2 Å². The third-order valence-corrected chi connectivity index (χ3v) is 5.94. The highest BCUT2D eigenvalue weighted by molar-refractivity contribution is 7.89. The lowest BCUT2D eigenvalue weighted by Gasteiger charge is -2.26. The number of amides is 1. The van der Waals surface area contributed by atoms with E-state index in [1.807, 2.05) is 0 Å². The Kier molecular flexibility index (Phi) is 4.92. The molecule has 3 rings (SSSR count). The van der Waals surface area contributed by atoms with Crippen LogP contribution in [-0.2, 0) is 10.0 Å². The van der Waals surface area contributed by atoms with Gasteiger partial charge in [-0.3, -0.25) is 9.78 Å². The van der Waals surface area contributed by atoms with Gasteiger partial charge in [0.05, 0.1) is 22.3 Å². The summed E-state index contributed by atoms with van der Waals surface area (Å²) >= 11 is 0. The van der Waals surface area contributed by atoms with Crippen molar-refractivity contribution in [2.24, 2.45) is 0 Å². The van der Waals surface area contributed by atoms with Gasteiger partial charge in [-0.05, 0) is 37.1 Å². The Morgan fingerprint density at radius 1 is 1.04 bits per heavy atom. The Bertz CT molecular complexity index is 816. The molecular weight excluding hydrogens is 326 g/mol. The highest BCUT2D eigenvalue weighted by atomic mass is 32.2. The molecule has 1 aromatic heterocycles. The van der Waals surface area contributed by atoms with Gasteiger partial charge in [-0.25, -0.2) is 8.42 Å². The molecule has 24 heavy (non-hydrogen) atoms. The maximum absolute atomic E-state index is 12.9. The number of carbonyl (C=O) groups excluding carboxylic acids is 1. The normalized spacial score (nSPS) is 15.8. The van der Waals surface area contributed by atoms with Crippen LogP contribution in [0.2, 0.25) is 0 Å². The van der Waals surface area contributed by atoms with Crippen LogP contribution in [0.15, 0.2) is 53.7 Å². The zero-order valence-electron chi connectivity index (χ0n) is 13.2. The first-order valence-corrected chi connectivity index (χ1v) is 9.33. The van der Waals surface area contributed by atoms with Crippen molar-refractivity contribution in [3.63, 3.8) is 0 Å². The maximum atomic E-state index is 12.9. The van der Waals surface area contributed by atoms with E-state index in [9.17, 15) is 13.2 Å². The average Bonchev–Trinajstić information content (AvgIpc) is 2.63. The van der Waals surface area contributed by atoms with Crippen LogP contribution in [0.25, 0.3) is 0 Å². The molecule has 7 heteroatoms. The van der Waals surface area contributed by atoms with Crippen LogP contribution in [-0.4, -0.2) is 36.7 Å². The number of carbonyl (C=O) groups is 1. The van der Waals surface area contributed by atoms with E-state index in [4.69, 9.17) is 0 Å². The van der Waals surface area contributed by atoms with Crippen molar-refractivity contribution in [3.8, 4) is 0 Å². The van der Waals surface area contributed by atoms with Crippen LogP contribution in [0.4, 0.5) is 5.69 Å². The van der Waals surface area contributed by atoms with Crippen molar-refractivity contribution in [2.75, 3.05) is 18.4 Å². The molecule has 0 atom stereocenters. The summed E-state index contributed by atoms with van der Waals surface area (Å²) in [4.78, 5) is 16.5. The fourth-order valence-corrected chi connectivity index (χ4v) is 4.46. The molecule has 0 spiro atoms. The fraction of sp³-hybridized carbons (Fsp3) is 0.294. The third-order valence-electron chi connectivity index (χ3n) is 3.98. The molecule has 1 aliphatic heterocycles. The number of benzene rings is 1. The molecule has 1 saturated heterocycles. The topological polar surface area (TPSA) is 79.4 Å². The molecule has 0 bridgehead atoms. The van der Waals surface area contributed by atoms with Gasteiger partial charge in [0.1, 0.15) is 0 Å². The molecule has 1 amide bonds. The van der Waals surface area contributed by atoms with Crippen LogP contribution in [0.3, 0.4) is 0 Å². The Labute approximate surface area is 141 Å². The number of nitrogens with zero attached hydrogens (tertiary/aromatic N) is 2. The number of sulfonamides is 1. The van der Waals surface area contributed by atoms with Gasteiger partial charge in [0, 0.05) is 19.3 Å². The minimum absolute atomic E-state index is 0.0493. The predicted molar refractivity (Wildman–Crippen MR) is 91.2 cm³/mol. The zero-order valence-corrected chi connectivity index (χ0v) is 14.0. The minimum atomic E-state index is -3.67. The van der Waals surface area contributed by atoms with Gasteiger partial charge in [0.25, 0.3) is 5.91 Å². The largest absolute Gasteiger partial charge is 0.321 e. The Morgan fingerprint density at radius 3 is 2.50 bits per heavy atom. The lowest BCUT2D eigenvalue weighted by atomic mass is 10.2. The molecule has 0 unspecified atom stereocenters. The second-order valence-corrected chi connectivity index (χ2v) is 7.56. The van der Waals surface area contributed by atoms with Crippen molar-refractivity contribution in [3.05, 3.63) is 54.4 Å². The molecule has 1 N–H and O–H groups in total. The van der Waals surface area contributed by atoms with Crippen molar-refractivity contribution >= 4 is 21.6 Å². The van der Waals surface area contributed by atoms with E-state index in [0.29, 0.717) is 18.8 Å². The molecule has 1 aromatic carbocycles. The number of hydrogen-bond acceptors (Lipinski definition) is 4. The lowest BCUT2D eigenvalue weighted by molar-refractivity contribution is 0.102. The van der Waals surface area contributed by atoms with Crippen LogP contribution in [0, 0.1) is 0 Å². The van der Waals surface area contributed by atoms with E-state index in [1.165, 1.54) is 22.6 Å². The van der Waals surface area contributed by atoms with Gasteiger partial charge >= 0.3 is 0 Å². The molecule has 1 aliphatic rings. The van der Waals surface area contributed by atoms with Crippen molar-refractivity contribution in [1.82, 2.24) is 9.29 Å². The first-order chi connectivity index (χ1) is 11.6. The zero-order chi connectivity index (χ0) is 17.0. The molecule has 2 heterocycles. The van der Waals surface area contributed by atoms with E-state index in [2.05, 4.69) is 10.3 Å². The molecule has 126 valence electrons. The van der Waals surface area contributed by atoms with Gasteiger partial charge < -0.3 is 5.32 Å². The van der Waals surface area contributed by atoms with Crippen LogP contribution in [0.5, 0.6) is 0 Å². The van der Waals surface area contributed by atoms with E-state index < -0.39 is 15.9 Å². The van der Waals surface area contributed by atoms with Gasteiger partial charge in [-0.1, -0.05) is 18.6 Å². The quantitative estimate of drug-likeness (QED) is 0.923. The molecule has 2 aromatic rings. The van der Waals surface area contributed by atoms with Crippen LogP contribution in [0.1, 0.15) is 29.6 Å². The standard InChI is InChI=1S/C17H19N3O3S/c21-17(19-14-7-6-10-18-13-14)15-8-2-3-9-16(15)24(22,23)20-11-4-1-5-12-20/h2-3,6-10,13H,1,4-5,11-12H2,(H,19,21). The molecule has 0 radical (unpaired) electrons. The van der Waals surface area contributed by atoms with Crippen LogP contribution >= 0.6 is 0 Å². The number of hydrogen-bond donors (Lipinski definition) is 1. The summed E-state index contributed by atoms with van der Waals surface area (Å²) in [5.74, 6) is -0.459. The SMILES string of the molecule is O=C(Nc1cccnc1)c1ccccc1S(=O)(=O)N1CCCCC1. The van der Waals surface area contributed by atoms with E-state index in [0.717, 1.165) is 19.3 Å². The fourth-order valence-electron chi connectivity index (χ4n) is 2.76. The van der Waals surface area contributed by atoms with Crippen LogP contribution < -0.4 is 5.32 Å². The summed E-state index contributed by atoms with van der Waals surface area (Å²) in [5.41, 5.74) is 0.666.